The molecule has 2 amide bonds. The highest BCUT2D eigenvalue weighted by Crippen LogP contribution is 2.15. The van der Waals surface area contributed by atoms with Crippen LogP contribution in [0.1, 0.15) is 0 Å². The summed E-state index contributed by atoms with van der Waals surface area (Å²) in [7, 11) is 1.42. The number of halogens is 1. The Labute approximate surface area is 110 Å². The fraction of sp³-hybridized carbons (Fsp3) is 0.231. The van der Waals surface area contributed by atoms with Crippen molar-refractivity contribution < 1.29 is 19.1 Å². The summed E-state index contributed by atoms with van der Waals surface area (Å²) < 4.78 is 13.1. The van der Waals surface area contributed by atoms with E-state index in [0.29, 0.717) is 5.69 Å². The van der Waals surface area contributed by atoms with Crippen LogP contribution in [-0.4, -0.2) is 42.1 Å². The maximum Gasteiger partial charge on any atom is 0.325 e. The molecule has 0 atom stereocenters. The van der Waals surface area contributed by atoms with Crippen LogP contribution >= 0.6 is 0 Å². The van der Waals surface area contributed by atoms with Gasteiger partial charge in [0.15, 0.2) is 0 Å². The van der Waals surface area contributed by atoms with Crippen molar-refractivity contribution in [2.24, 2.45) is 0 Å². The lowest BCUT2D eigenvalue weighted by Gasteiger charge is -2.25. The first-order valence-corrected chi connectivity index (χ1v) is 5.39. The molecule has 0 saturated carbocycles. The zero-order valence-corrected chi connectivity index (χ0v) is 10.3. The number of terminal acetylenes is 1. The molecule has 0 unspecified atom stereocenters. The van der Waals surface area contributed by atoms with Crippen LogP contribution in [0.25, 0.3) is 0 Å². The Hall–Kier alpha value is -2.55. The van der Waals surface area contributed by atoms with Gasteiger partial charge in [0.2, 0.25) is 0 Å². The fourth-order valence-electron chi connectivity index (χ4n) is 1.47. The molecule has 0 bridgehead atoms. The Kier molecular flexibility index (Phi) is 4.89. The van der Waals surface area contributed by atoms with Crippen molar-refractivity contribution in [1.29, 1.82) is 0 Å². The monoisotopic (exact) mass is 264 g/mol. The molecular formula is C13H13FN2O3. The molecule has 1 aromatic carbocycles. The Bertz CT molecular complexity index is 525. The molecule has 19 heavy (non-hydrogen) atoms. The molecule has 5 nitrogen and oxygen atoms in total. The third kappa shape index (κ3) is 4.00. The summed E-state index contributed by atoms with van der Waals surface area (Å²) in [6, 6.07) is 4.81. The first kappa shape index (κ1) is 14.5. The number of carboxylic acid groups (broad SMARTS) is 1. The summed E-state index contributed by atoms with van der Waals surface area (Å²) in [5, 5.41) is 8.71. The molecule has 0 saturated heterocycles. The van der Waals surface area contributed by atoms with Crippen LogP contribution in [0.5, 0.6) is 0 Å². The third-order valence-corrected chi connectivity index (χ3v) is 2.36. The third-order valence-electron chi connectivity index (χ3n) is 2.36. The zero-order chi connectivity index (χ0) is 14.4. The highest BCUT2D eigenvalue weighted by atomic mass is 19.1. The minimum atomic E-state index is -1.17. The molecule has 100 valence electrons. The first-order chi connectivity index (χ1) is 8.95. The van der Waals surface area contributed by atoms with Gasteiger partial charge in [0.05, 0.1) is 6.54 Å². The molecule has 1 aromatic rings. The van der Waals surface area contributed by atoms with E-state index in [1.165, 1.54) is 31.3 Å². The van der Waals surface area contributed by atoms with Gasteiger partial charge in [-0.15, -0.1) is 6.42 Å². The van der Waals surface area contributed by atoms with Gasteiger partial charge in [0, 0.05) is 12.7 Å². The van der Waals surface area contributed by atoms with Crippen LogP contribution in [0.4, 0.5) is 14.9 Å². The van der Waals surface area contributed by atoms with Crippen LogP contribution in [0.15, 0.2) is 24.3 Å². The Morgan fingerprint density at radius 3 is 2.68 bits per heavy atom. The molecule has 0 spiro atoms. The molecule has 0 aromatic heterocycles. The summed E-state index contributed by atoms with van der Waals surface area (Å²) >= 11 is 0. The average molecular weight is 264 g/mol. The quantitative estimate of drug-likeness (QED) is 0.836. The SMILES string of the molecule is C#CCN(CC(=O)O)C(=O)N(C)c1cccc(F)c1. The van der Waals surface area contributed by atoms with E-state index in [0.717, 1.165) is 9.80 Å². The molecule has 0 aliphatic rings. The number of amides is 2. The van der Waals surface area contributed by atoms with Gasteiger partial charge in [0.1, 0.15) is 12.4 Å². The molecule has 0 fully saturated rings. The predicted octanol–water partition coefficient (Wildman–Crippen LogP) is 1.40. The van der Waals surface area contributed by atoms with E-state index in [2.05, 4.69) is 5.92 Å². The maximum atomic E-state index is 13.1. The second-order valence-electron chi connectivity index (χ2n) is 3.78. The van der Waals surface area contributed by atoms with E-state index in [1.807, 2.05) is 0 Å². The van der Waals surface area contributed by atoms with Gasteiger partial charge in [-0.2, -0.15) is 0 Å². The molecule has 0 aliphatic heterocycles. The largest absolute Gasteiger partial charge is 0.480 e. The number of hydrogen-bond acceptors (Lipinski definition) is 2. The first-order valence-electron chi connectivity index (χ1n) is 5.39. The van der Waals surface area contributed by atoms with E-state index < -0.39 is 24.4 Å². The van der Waals surface area contributed by atoms with Gasteiger partial charge >= 0.3 is 12.0 Å². The lowest BCUT2D eigenvalue weighted by Crippen LogP contribution is -2.44. The van der Waals surface area contributed by atoms with E-state index >= 15 is 0 Å². The van der Waals surface area contributed by atoms with Crippen molar-refractivity contribution in [2.45, 2.75) is 0 Å². The zero-order valence-electron chi connectivity index (χ0n) is 10.3. The van der Waals surface area contributed by atoms with Crippen LogP contribution < -0.4 is 4.90 Å². The summed E-state index contributed by atoms with van der Waals surface area (Å²) in [6.45, 7) is -0.645. The molecular weight excluding hydrogens is 251 g/mol. The molecule has 0 heterocycles. The lowest BCUT2D eigenvalue weighted by molar-refractivity contribution is -0.137. The van der Waals surface area contributed by atoms with Crippen molar-refractivity contribution in [2.75, 3.05) is 25.0 Å². The Morgan fingerprint density at radius 1 is 1.47 bits per heavy atom. The number of hydrogen-bond donors (Lipinski definition) is 1. The van der Waals surface area contributed by atoms with E-state index in [1.54, 1.807) is 0 Å². The van der Waals surface area contributed by atoms with Crippen LogP contribution in [-0.2, 0) is 4.79 Å². The number of anilines is 1. The number of aliphatic carboxylic acids is 1. The second kappa shape index (κ2) is 6.40. The van der Waals surface area contributed by atoms with Crippen molar-refractivity contribution in [3.8, 4) is 12.3 Å². The van der Waals surface area contributed by atoms with E-state index in [4.69, 9.17) is 11.5 Å². The molecule has 6 heteroatoms. The number of rotatable bonds is 4. The lowest BCUT2D eigenvalue weighted by atomic mass is 10.3. The summed E-state index contributed by atoms with van der Waals surface area (Å²) in [6.07, 6.45) is 5.09. The summed E-state index contributed by atoms with van der Waals surface area (Å²) in [5.74, 6) is 0.556. The van der Waals surface area contributed by atoms with Gasteiger partial charge in [-0.3, -0.25) is 9.69 Å². The standard InChI is InChI=1S/C13H13FN2O3/c1-3-7-16(9-12(17)18)13(19)15(2)11-6-4-5-10(14)8-11/h1,4-6,8H,7,9H2,2H3,(H,17,18). The Morgan fingerprint density at radius 2 is 2.16 bits per heavy atom. The van der Waals surface area contributed by atoms with Gasteiger partial charge in [-0.25, -0.2) is 9.18 Å². The Balaban J connectivity index is 2.90. The van der Waals surface area contributed by atoms with E-state index in [-0.39, 0.29) is 6.54 Å². The fourth-order valence-corrected chi connectivity index (χ4v) is 1.47. The number of urea groups is 1. The normalized spacial score (nSPS) is 9.53. The van der Waals surface area contributed by atoms with Crippen molar-refractivity contribution in [1.82, 2.24) is 4.90 Å². The van der Waals surface area contributed by atoms with Crippen LogP contribution in [0.2, 0.25) is 0 Å². The summed E-state index contributed by atoms with van der Waals surface area (Å²) in [4.78, 5) is 24.8. The molecule has 1 N–H and O–H groups in total. The number of carbonyl (C=O) groups excluding carboxylic acids is 1. The van der Waals surface area contributed by atoms with Crippen molar-refractivity contribution >= 4 is 17.7 Å². The van der Waals surface area contributed by atoms with Gasteiger partial charge in [-0.05, 0) is 18.2 Å². The topological polar surface area (TPSA) is 60.9 Å². The minimum absolute atomic E-state index is 0.134. The second-order valence-corrected chi connectivity index (χ2v) is 3.78. The van der Waals surface area contributed by atoms with Crippen LogP contribution in [0.3, 0.4) is 0 Å². The number of carbonyl (C=O) groups is 2. The molecule has 0 radical (unpaired) electrons. The average Bonchev–Trinajstić information content (AvgIpc) is 2.36. The van der Waals surface area contributed by atoms with Gasteiger partial charge in [0.25, 0.3) is 0 Å². The van der Waals surface area contributed by atoms with Gasteiger partial charge < -0.3 is 10.0 Å². The number of benzene rings is 1. The van der Waals surface area contributed by atoms with Crippen LogP contribution in [0, 0.1) is 18.2 Å². The van der Waals surface area contributed by atoms with Crippen molar-refractivity contribution in [3.63, 3.8) is 0 Å². The molecule has 1 rings (SSSR count). The number of carboxylic acids is 1. The summed E-state index contributed by atoms with van der Waals surface area (Å²) in [5.41, 5.74) is 0.317. The van der Waals surface area contributed by atoms with Crippen molar-refractivity contribution in [3.05, 3.63) is 30.1 Å². The van der Waals surface area contributed by atoms with E-state index in [9.17, 15) is 14.0 Å². The maximum absolute atomic E-state index is 13.1. The minimum Gasteiger partial charge on any atom is -0.480 e. The molecule has 0 aliphatic carbocycles. The highest BCUT2D eigenvalue weighted by molar-refractivity contribution is 5.93. The highest BCUT2D eigenvalue weighted by Gasteiger charge is 2.20. The predicted molar refractivity (Wildman–Crippen MR) is 68.2 cm³/mol. The van der Waals surface area contributed by atoms with Gasteiger partial charge in [-0.1, -0.05) is 12.0 Å². The number of nitrogens with zero attached hydrogens (tertiary/aromatic N) is 2. The smallest absolute Gasteiger partial charge is 0.325 e.